The van der Waals surface area contributed by atoms with Crippen LogP contribution in [0.5, 0.6) is 0 Å². The Hall–Kier alpha value is -2.42. The Morgan fingerprint density at radius 2 is 1.25 bits per heavy atom. The minimum Gasteiger partial charge on any atom is -0.351 e. The van der Waals surface area contributed by atoms with Crippen LogP contribution in [0.2, 0.25) is 10.0 Å². The summed E-state index contributed by atoms with van der Waals surface area (Å²) in [5.74, 6) is -5.48. The van der Waals surface area contributed by atoms with Crippen LogP contribution in [0.25, 0.3) is 0 Å². The zero-order valence-electron chi connectivity index (χ0n) is 20.3. The van der Waals surface area contributed by atoms with Gasteiger partial charge in [-0.3, -0.25) is 18.9 Å². The van der Waals surface area contributed by atoms with Crippen molar-refractivity contribution in [1.82, 2.24) is 16.0 Å². The predicted octanol–water partition coefficient (Wildman–Crippen LogP) is 4.27. The number of benzene rings is 2. The molecule has 0 saturated heterocycles. The molecule has 1 atom stereocenters. The molecule has 196 valence electrons. The molecule has 2 rings (SSSR count). The van der Waals surface area contributed by atoms with Crippen LogP contribution in [0.15, 0.2) is 48.5 Å². The molecule has 0 fully saturated rings. The molecule has 9 nitrogen and oxygen atoms in total. The van der Waals surface area contributed by atoms with Crippen molar-refractivity contribution < 1.29 is 28.0 Å². The van der Waals surface area contributed by atoms with Crippen LogP contribution in [0.4, 0.5) is 0 Å². The molecule has 0 bridgehead atoms. The first kappa shape index (κ1) is 29.8. The average Bonchev–Trinajstić information content (AvgIpc) is 2.82. The molecule has 0 heterocycles. The first-order valence-electron chi connectivity index (χ1n) is 11.3. The molecule has 0 spiro atoms. The minimum atomic E-state index is -4.16. The van der Waals surface area contributed by atoms with Gasteiger partial charge in [0.1, 0.15) is 5.92 Å². The fourth-order valence-electron chi connectivity index (χ4n) is 3.38. The largest absolute Gasteiger partial charge is 0.354 e. The molecule has 1 unspecified atom stereocenters. The molecule has 0 aliphatic carbocycles. The average molecular weight is 558 g/mol. The summed E-state index contributed by atoms with van der Waals surface area (Å²) in [5, 5.41) is 8.58. The molecule has 0 saturated carbocycles. The van der Waals surface area contributed by atoms with Crippen LogP contribution in [-0.2, 0) is 41.1 Å². The van der Waals surface area contributed by atoms with Gasteiger partial charge in [-0.25, -0.2) is 0 Å². The number of amides is 3. The smallest absolute Gasteiger partial charge is 0.351 e. The lowest BCUT2D eigenvalue weighted by molar-refractivity contribution is -0.136. The molecule has 36 heavy (non-hydrogen) atoms. The van der Waals surface area contributed by atoms with E-state index in [1.165, 1.54) is 6.92 Å². The molecule has 0 aliphatic heterocycles. The standard InChI is InChI=1S/C24H30Cl2N3O6P/c1-4-34-36(33,35-5-2)24(29-16(3)30)21(22(31)27-14-17-10-6-8-12-19(17)25)23(32)28-15-18-11-7-9-13-20(18)26/h6-13,21,24H,4-5,14-15H2,1-3H3,(H,27,31)(H,28,32)(H,29,30). The van der Waals surface area contributed by atoms with Crippen molar-refractivity contribution in [2.75, 3.05) is 13.2 Å². The summed E-state index contributed by atoms with van der Waals surface area (Å²) in [6.45, 7) is 4.25. The highest BCUT2D eigenvalue weighted by Gasteiger charge is 2.48. The van der Waals surface area contributed by atoms with Crippen LogP contribution in [0.3, 0.4) is 0 Å². The van der Waals surface area contributed by atoms with Crippen LogP contribution in [0, 0.1) is 5.92 Å². The maximum atomic E-state index is 13.7. The predicted molar refractivity (Wildman–Crippen MR) is 139 cm³/mol. The molecule has 2 aromatic carbocycles. The number of hydrogen-bond acceptors (Lipinski definition) is 6. The molecule has 0 aromatic heterocycles. The van der Waals surface area contributed by atoms with Gasteiger partial charge in [-0.1, -0.05) is 59.6 Å². The van der Waals surface area contributed by atoms with Crippen molar-refractivity contribution >= 4 is 48.5 Å². The second-order valence-electron chi connectivity index (χ2n) is 7.62. The summed E-state index contributed by atoms with van der Waals surface area (Å²) >= 11 is 12.4. The van der Waals surface area contributed by atoms with E-state index in [9.17, 15) is 18.9 Å². The Morgan fingerprint density at radius 1 is 0.833 bits per heavy atom. The van der Waals surface area contributed by atoms with E-state index in [2.05, 4.69) is 16.0 Å². The third kappa shape index (κ3) is 8.32. The zero-order chi connectivity index (χ0) is 26.7. The van der Waals surface area contributed by atoms with Crippen molar-refractivity contribution in [3.63, 3.8) is 0 Å². The van der Waals surface area contributed by atoms with Gasteiger partial charge >= 0.3 is 7.60 Å². The number of carbonyl (C=O) groups excluding carboxylic acids is 3. The summed E-state index contributed by atoms with van der Waals surface area (Å²) in [6, 6.07) is 13.7. The Balaban J connectivity index is 2.42. The first-order chi connectivity index (χ1) is 17.1. The fourth-order valence-corrected chi connectivity index (χ4v) is 5.88. The second-order valence-corrected chi connectivity index (χ2v) is 10.6. The van der Waals surface area contributed by atoms with Crippen molar-refractivity contribution in [2.45, 2.75) is 39.6 Å². The number of hydrogen-bond donors (Lipinski definition) is 3. The van der Waals surface area contributed by atoms with E-state index in [0.29, 0.717) is 21.2 Å². The lowest BCUT2D eigenvalue weighted by Crippen LogP contribution is -2.53. The molecular formula is C24H30Cl2N3O6P. The summed E-state index contributed by atoms with van der Waals surface area (Å²) < 4.78 is 24.5. The molecule has 12 heteroatoms. The van der Waals surface area contributed by atoms with Gasteiger partial charge in [0.25, 0.3) is 0 Å². The SMILES string of the molecule is CCOP(=O)(OCC)C(NC(C)=O)C(C(=O)NCc1ccccc1Cl)C(=O)NCc1ccccc1Cl. The van der Waals surface area contributed by atoms with Gasteiger partial charge < -0.3 is 25.0 Å². The lowest BCUT2D eigenvalue weighted by atomic mass is 10.1. The fraction of sp³-hybridized carbons (Fsp3) is 0.375. The van der Waals surface area contributed by atoms with Gasteiger partial charge in [-0.2, -0.15) is 0 Å². The van der Waals surface area contributed by atoms with Crippen molar-refractivity contribution in [3.05, 3.63) is 69.7 Å². The normalized spacial score (nSPS) is 12.2. The van der Waals surface area contributed by atoms with Gasteiger partial charge in [-0.15, -0.1) is 0 Å². The van der Waals surface area contributed by atoms with Crippen LogP contribution in [0.1, 0.15) is 31.9 Å². The number of halogens is 2. The topological polar surface area (TPSA) is 123 Å². The Morgan fingerprint density at radius 3 is 1.61 bits per heavy atom. The Bertz CT molecular complexity index is 1050. The molecular weight excluding hydrogens is 528 g/mol. The van der Waals surface area contributed by atoms with E-state index in [0.717, 1.165) is 0 Å². The van der Waals surface area contributed by atoms with Crippen LogP contribution >= 0.6 is 30.8 Å². The van der Waals surface area contributed by atoms with E-state index in [-0.39, 0.29) is 26.3 Å². The van der Waals surface area contributed by atoms with E-state index < -0.39 is 37.0 Å². The Kier molecular flexibility index (Phi) is 11.9. The van der Waals surface area contributed by atoms with Crippen molar-refractivity contribution in [2.24, 2.45) is 5.92 Å². The molecule has 3 N–H and O–H groups in total. The number of nitrogens with one attached hydrogen (secondary N) is 3. The third-order valence-electron chi connectivity index (χ3n) is 5.01. The highest BCUT2D eigenvalue weighted by atomic mass is 35.5. The van der Waals surface area contributed by atoms with E-state index >= 15 is 0 Å². The maximum absolute atomic E-state index is 13.7. The second kappa shape index (κ2) is 14.4. The third-order valence-corrected chi connectivity index (χ3v) is 8.09. The van der Waals surface area contributed by atoms with E-state index in [1.807, 2.05) is 0 Å². The van der Waals surface area contributed by atoms with Gasteiger partial charge in [0.2, 0.25) is 17.7 Å². The quantitative estimate of drug-likeness (QED) is 0.249. The highest BCUT2D eigenvalue weighted by Crippen LogP contribution is 2.54. The molecule has 2 aromatic rings. The first-order valence-corrected chi connectivity index (χ1v) is 13.7. The summed E-state index contributed by atoms with van der Waals surface area (Å²) in [6.07, 6.45) is 0. The minimum absolute atomic E-state index is 0.00678. The van der Waals surface area contributed by atoms with Crippen molar-refractivity contribution in [1.29, 1.82) is 0 Å². The monoisotopic (exact) mass is 557 g/mol. The van der Waals surface area contributed by atoms with Gasteiger partial charge in [0.05, 0.1) is 13.2 Å². The maximum Gasteiger partial charge on any atom is 0.354 e. The summed E-state index contributed by atoms with van der Waals surface area (Å²) in [5.41, 5.74) is 1.22. The van der Waals surface area contributed by atoms with E-state index in [1.54, 1.807) is 62.4 Å². The van der Waals surface area contributed by atoms with Gasteiger partial charge in [0.15, 0.2) is 5.78 Å². The zero-order valence-corrected chi connectivity index (χ0v) is 22.7. The lowest BCUT2D eigenvalue weighted by Gasteiger charge is -2.31. The number of carbonyl (C=O) groups is 3. The highest BCUT2D eigenvalue weighted by molar-refractivity contribution is 7.54. The van der Waals surface area contributed by atoms with Gasteiger partial charge in [0, 0.05) is 30.1 Å². The summed E-state index contributed by atoms with van der Waals surface area (Å²) in [4.78, 5) is 38.9. The number of rotatable bonds is 13. The van der Waals surface area contributed by atoms with Crippen LogP contribution < -0.4 is 16.0 Å². The summed E-state index contributed by atoms with van der Waals surface area (Å²) in [7, 11) is -4.16. The molecule has 0 aliphatic rings. The van der Waals surface area contributed by atoms with Crippen molar-refractivity contribution in [3.8, 4) is 0 Å². The Labute approximate surface area is 220 Å². The van der Waals surface area contributed by atoms with E-state index in [4.69, 9.17) is 32.2 Å². The molecule has 3 amide bonds. The molecule has 0 radical (unpaired) electrons. The van der Waals surface area contributed by atoms with Gasteiger partial charge in [-0.05, 0) is 37.1 Å². The van der Waals surface area contributed by atoms with Crippen LogP contribution in [-0.4, -0.2) is 36.7 Å².